The van der Waals surface area contributed by atoms with Crippen molar-refractivity contribution in [1.29, 1.82) is 0 Å². The van der Waals surface area contributed by atoms with Crippen molar-refractivity contribution >= 4 is 41.4 Å². The van der Waals surface area contributed by atoms with Gasteiger partial charge in [0.05, 0.1) is 12.2 Å². The molecule has 16 nitrogen and oxygen atoms in total. The van der Waals surface area contributed by atoms with Gasteiger partial charge in [-0.15, -0.1) is 0 Å². The number of carbonyl (C=O) groups is 7. The number of carbonyl (C=O) groups excluding carboxylic acids is 7. The Morgan fingerprint density at radius 1 is 0.625 bits per heavy atom. The summed E-state index contributed by atoms with van der Waals surface area (Å²) in [4.78, 5) is 104. The van der Waals surface area contributed by atoms with Crippen molar-refractivity contribution in [3.63, 3.8) is 0 Å². The Hall–Kier alpha value is -3.79. The average molecular weight is 794 g/mol. The second-order valence-corrected chi connectivity index (χ2v) is 16.8. The van der Waals surface area contributed by atoms with Gasteiger partial charge in [0.15, 0.2) is 0 Å². The number of nitrogens with zero attached hydrogens (tertiary/aromatic N) is 4. The number of fused-ring (bicyclic) bond motifs is 1. The molecule has 2 aliphatic heterocycles. The normalized spacial score (nSPS) is 29.7. The van der Waals surface area contributed by atoms with E-state index in [2.05, 4.69) is 16.0 Å². The number of hydrogen-bond acceptors (Lipinski definition) is 9. The molecule has 2 rings (SSSR count). The van der Waals surface area contributed by atoms with Gasteiger partial charge >= 0.3 is 0 Å². The lowest BCUT2D eigenvalue weighted by atomic mass is 9.94. The third-order valence-electron chi connectivity index (χ3n) is 12.0. The highest BCUT2D eigenvalue weighted by molar-refractivity contribution is 5.98. The molecule has 16 heteroatoms. The van der Waals surface area contributed by atoms with Crippen LogP contribution in [0.2, 0.25) is 0 Å². The molecule has 0 unspecified atom stereocenters. The average Bonchev–Trinajstić information content (AvgIpc) is 3.17. The molecule has 0 bridgehead atoms. The van der Waals surface area contributed by atoms with Crippen LogP contribution in [0.4, 0.5) is 0 Å². The van der Waals surface area contributed by atoms with Gasteiger partial charge in [0.2, 0.25) is 41.4 Å². The van der Waals surface area contributed by atoms with Crippen molar-refractivity contribution in [2.75, 3.05) is 27.7 Å². The molecule has 0 aliphatic carbocycles. The van der Waals surface area contributed by atoms with E-state index in [1.807, 2.05) is 20.8 Å². The molecule has 0 radical (unpaired) electrons. The third-order valence-corrected chi connectivity index (χ3v) is 12.0. The first-order valence-corrected chi connectivity index (χ1v) is 20.4. The lowest BCUT2D eigenvalue weighted by Gasteiger charge is -2.40. The SMILES string of the molecule is CC[C@H](C)C[C@@H]1NC(=O)[C@H]([C@H](O)C(C)C)N(C)C(=O)[C@H](C)N(C)C(=O)[C@@H]([C@@H](C)CC)NC(=O)[C@@H]([C@H](O)C(C)C)NC(=O)[C@H]2CCCCN2C(=O)[C@H](C)N(C)C1=O. The van der Waals surface area contributed by atoms with Gasteiger partial charge in [0.25, 0.3) is 0 Å². The second kappa shape index (κ2) is 21.1. The first kappa shape index (κ1) is 48.4. The molecule has 2 aliphatic rings. The molecule has 0 aromatic carbocycles. The largest absolute Gasteiger partial charge is 0.390 e. The van der Waals surface area contributed by atoms with Crippen LogP contribution < -0.4 is 16.0 Å². The minimum atomic E-state index is -1.50. The summed E-state index contributed by atoms with van der Waals surface area (Å²) < 4.78 is 0. The lowest BCUT2D eigenvalue weighted by molar-refractivity contribution is -0.153. The maximum Gasteiger partial charge on any atom is 0.246 e. The topological polar surface area (TPSA) is 209 Å². The highest BCUT2D eigenvalue weighted by Gasteiger charge is 2.44. The van der Waals surface area contributed by atoms with Crippen LogP contribution >= 0.6 is 0 Å². The number of amides is 7. The summed E-state index contributed by atoms with van der Waals surface area (Å²) in [7, 11) is 4.20. The zero-order valence-electron chi connectivity index (χ0n) is 36.0. The summed E-state index contributed by atoms with van der Waals surface area (Å²) in [6, 6.07) is -8.53. The lowest BCUT2D eigenvalue weighted by Crippen LogP contribution is -2.64. The van der Waals surface area contributed by atoms with Crippen molar-refractivity contribution in [3.05, 3.63) is 0 Å². The minimum absolute atomic E-state index is 0.0373. The maximum absolute atomic E-state index is 14.3. The Balaban J connectivity index is 2.83. The fourth-order valence-corrected chi connectivity index (χ4v) is 7.16. The Labute approximate surface area is 333 Å². The Bertz CT molecular complexity index is 1410. The van der Waals surface area contributed by atoms with E-state index in [1.165, 1.54) is 42.8 Å². The number of nitrogens with one attached hydrogen (secondary N) is 3. The Morgan fingerprint density at radius 2 is 1.16 bits per heavy atom. The molecule has 5 N–H and O–H groups in total. The number of piperidine rings is 1. The van der Waals surface area contributed by atoms with Crippen LogP contribution in [0.1, 0.15) is 108 Å². The first-order chi connectivity index (χ1) is 26.0. The predicted molar refractivity (Wildman–Crippen MR) is 211 cm³/mol. The molecular weight excluding hydrogens is 722 g/mol. The van der Waals surface area contributed by atoms with Gasteiger partial charge in [0.1, 0.15) is 42.3 Å². The van der Waals surface area contributed by atoms with Crippen LogP contribution in [0, 0.1) is 23.7 Å². The summed E-state index contributed by atoms with van der Waals surface area (Å²) in [6.07, 6.45) is 0.0823. The number of hydrogen-bond donors (Lipinski definition) is 5. The van der Waals surface area contributed by atoms with E-state index in [0.717, 1.165) is 4.90 Å². The number of aliphatic hydroxyl groups excluding tert-OH is 2. The maximum atomic E-state index is 14.3. The second-order valence-electron chi connectivity index (χ2n) is 16.8. The molecule has 0 spiro atoms. The molecule has 0 saturated carbocycles. The van der Waals surface area contributed by atoms with Gasteiger partial charge in [-0.3, -0.25) is 33.6 Å². The van der Waals surface area contributed by atoms with Crippen molar-refractivity contribution in [2.45, 2.75) is 162 Å². The Kier molecular flexibility index (Phi) is 18.2. The quantitative estimate of drug-likeness (QED) is 0.224. The smallest absolute Gasteiger partial charge is 0.246 e. The molecule has 320 valence electrons. The molecule has 56 heavy (non-hydrogen) atoms. The van der Waals surface area contributed by atoms with E-state index < -0.39 is 114 Å². The molecule has 11 atom stereocenters. The van der Waals surface area contributed by atoms with Gasteiger partial charge in [-0.2, -0.15) is 0 Å². The van der Waals surface area contributed by atoms with Crippen LogP contribution in [0.5, 0.6) is 0 Å². The van der Waals surface area contributed by atoms with E-state index in [0.29, 0.717) is 25.7 Å². The van der Waals surface area contributed by atoms with Crippen molar-refractivity contribution in [1.82, 2.24) is 35.6 Å². The van der Waals surface area contributed by atoms with Gasteiger partial charge in [0, 0.05) is 27.7 Å². The number of rotatable bonds is 9. The summed E-state index contributed by atoms with van der Waals surface area (Å²) in [5.74, 6) is -6.12. The highest BCUT2D eigenvalue weighted by Crippen LogP contribution is 2.23. The van der Waals surface area contributed by atoms with E-state index in [-0.39, 0.29) is 25.3 Å². The zero-order valence-corrected chi connectivity index (χ0v) is 36.0. The number of aliphatic hydroxyl groups is 2. The monoisotopic (exact) mass is 794 g/mol. The molecular formula is C40H71N7O9. The van der Waals surface area contributed by atoms with Crippen molar-refractivity contribution < 1.29 is 43.8 Å². The van der Waals surface area contributed by atoms with Gasteiger partial charge < -0.3 is 45.8 Å². The highest BCUT2D eigenvalue weighted by atomic mass is 16.3. The Morgan fingerprint density at radius 3 is 1.70 bits per heavy atom. The molecule has 7 amide bonds. The van der Waals surface area contributed by atoms with Crippen LogP contribution in [-0.2, 0) is 33.6 Å². The fourth-order valence-electron chi connectivity index (χ4n) is 7.16. The summed E-state index contributed by atoms with van der Waals surface area (Å²) in [6.45, 7) is 17.4. The van der Waals surface area contributed by atoms with Crippen LogP contribution in [0.25, 0.3) is 0 Å². The fraction of sp³-hybridized carbons (Fsp3) is 0.825. The number of likely N-dealkylation sites (N-methyl/N-ethyl adjacent to an activating group) is 3. The van der Waals surface area contributed by atoms with Gasteiger partial charge in [-0.25, -0.2) is 0 Å². The van der Waals surface area contributed by atoms with E-state index >= 15 is 0 Å². The molecule has 0 aromatic heterocycles. The summed E-state index contributed by atoms with van der Waals surface area (Å²) >= 11 is 0. The molecule has 2 fully saturated rings. The molecule has 2 saturated heterocycles. The van der Waals surface area contributed by atoms with Crippen molar-refractivity contribution in [3.8, 4) is 0 Å². The van der Waals surface area contributed by atoms with Gasteiger partial charge in [-0.1, -0.05) is 68.2 Å². The van der Waals surface area contributed by atoms with E-state index in [9.17, 15) is 43.8 Å². The van der Waals surface area contributed by atoms with Gasteiger partial charge in [-0.05, 0) is 63.2 Å². The zero-order chi connectivity index (χ0) is 42.9. The van der Waals surface area contributed by atoms with E-state index in [4.69, 9.17) is 0 Å². The summed E-state index contributed by atoms with van der Waals surface area (Å²) in [5.41, 5.74) is 0. The van der Waals surface area contributed by atoms with Crippen LogP contribution in [0.3, 0.4) is 0 Å². The standard InChI is InChI=1S/C40H71N7O9/c1-14-23(7)20-27-39(55)44(11)26(10)38(54)47-19-17-16-18-28(47)34(50)43-30(32(48)21(3)4)35(51)42-29(24(8)15-2)40(56)45(12)25(9)37(53)46(13)31(36(52)41-27)33(49)22(5)6/h21-33,48-49H,14-20H2,1-13H3,(H,41,52)(H,42,51)(H,43,50)/t23-,24-,25-,26-,27-,28+,29+,30+,31-,32+,33+/m0/s1. The summed E-state index contributed by atoms with van der Waals surface area (Å²) in [5, 5.41) is 30.9. The minimum Gasteiger partial charge on any atom is -0.390 e. The first-order valence-electron chi connectivity index (χ1n) is 20.4. The van der Waals surface area contributed by atoms with E-state index in [1.54, 1.807) is 41.5 Å². The molecule has 2 heterocycles. The van der Waals surface area contributed by atoms with Crippen molar-refractivity contribution in [2.24, 2.45) is 23.7 Å². The third kappa shape index (κ3) is 11.4. The predicted octanol–water partition coefficient (Wildman–Crippen LogP) is 0.872. The van der Waals surface area contributed by atoms with Crippen LogP contribution in [0.15, 0.2) is 0 Å². The van der Waals surface area contributed by atoms with Crippen LogP contribution in [-0.4, -0.2) is 153 Å². The molecule has 0 aromatic rings.